The van der Waals surface area contributed by atoms with Crippen LogP contribution in [-0.4, -0.2) is 0 Å². The van der Waals surface area contributed by atoms with Gasteiger partial charge in [0, 0.05) is 65.3 Å². The van der Waals surface area contributed by atoms with E-state index in [-0.39, 0.29) is 0 Å². The van der Waals surface area contributed by atoms with Crippen molar-refractivity contribution in [1.82, 2.24) is 0 Å². The van der Waals surface area contributed by atoms with Gasteiger partial charge in [0.05, 0.1) is 11.1 Å². The average molecular weight is 877 g/mol. The Morgan fingerprint density at radius 3 is 0.894 bits per heavy atom. The molecule has 4 aromatic heterocycles. The summed E-state index contributed by atoms with van der Waals surface area (Å²) >= 11 is 0. The van der Waals surface area contributed by atoms with E-state index in [1.165, 1.54) is 24.3 Å². The van der Waals surface area contributed by atoms with Gasteiger partial charge in [-0.25, -0.2) is 0 Å². The Hall–Kier alpha value is -8.60. The van der Waals surface area contributed by atoms with Crippen LogP contribution in [0, 0.1) is 23.7 Å². The zero-order valence-corrected chi connectivity index (χ0v) is 33.9. The predicted molar refractivity (Wildman–Crippen MR) is 246 cm³/mol. The van der Waals surface area contributed by atoms with E-state index in [4.69, 9.17) is 17.7 Å². The van der Waals surface area contributed by atoms with Gasteiger partial charge in [0.1, 0.15) is 44.7 Å². The summed E-state index contributed by atoms with van der Waals surface area (Å²) in [6.07, 6.45) is -4.75. The molecule has 0 saturated carbocycles. The minimum atomic E-state index is -4.40. The van der Waals surface area contributed by atoms with Crippen molar-refractivity contribution in [3.63, 3.8) is 0 Å². The molecule has 0 aliphatic carbocycles. The maximum absolute atomic E-state index is 12.9. The lowest BCUT2D eigenvalue weighted by Gasteiger charge is -2.05. The Morgan fingerprint density at radius 1 is 0.288 bits per heavy atom. The Kier molecular flexibility index (Phi) is 8.55. The van der Waals surface area contributed by atoms with Gasteiger partial charge >= 0.3 is 12.4 Å². The van der Waals surface area contributed by atoms with Crippen LogP contribution < -0.4 is 0 Å². The van der Waals surface area contributed by atoms with Gasteiger partial charge < -0.3 is 17.7 Å². The Bertz CT molecular complexity index is 3860. The number of halogens is 6. The van der Waals surface area contributed by atoms with Gasteiger partial charge in [-0.15, -0.1) is 0 Å². The number of furan rings is 4. The Morgan fingerprint density at radius 2 is 0.561 bits per heavy atom. The summed E-state index contributed by atoms with van der Waals surface area (Å²) in [4.78, 5) is 0. The molecule has 0 saturated heterocycles. The van der Waals surface area contributed by atoms with Crippen LogP contribution in [0.4, 0.5) is 26.3 Å². The van der Waals surface area contributed by atoms with E-state index in [2.05, 4.69) is 23.7 Å². The second kappa shape index (κ2) is 14.5. The molecule has 0 spiro atoms. The van der Waals surface area contributed by atoms with Crippen molar-refractivity contribution in [1.29, 1.82) is 0 Å². The summed E-state index contributed by atoms with van der Waals surface area (Å²) in [5, 5.41) is 7.28. The third-order valence-electron chi connectivity index (χ3n) is 11.8. The number of alkyl halides is 6. The fourth-order valence-corrected chi connectivity index (χ4v) is 8.45. The molecular weight excluding hydrogens is 851 g/mol. The molecule has 0 atom stereocenters. The Labute approximate surface area is 368 Å². The molecule has 0 radical (unpaired) electrons. The fraction of sp³-hybridized carbons (Fsp3) is 0.0357. The van der Waals surface area contributed by atoms with E-state index >= 15 is 0 Å². The van der Waals surface area contributed by atoms with Crippen molar-refractivity contribution < 1.29 is 44.0 Å². The van der Waals surface area contributed by atoms with Crippen molar-refractivity contribution in [2.45, 2.75) is 12.4 Å². The third-order valence-corrected chi connectivity index (χ3v) is 11.8. The molecule has 66 heavy (non-hydrogen) atoms. The van der Waals surface area contributed by atoms with Crippen LogP contribution in [0.5, 0.6) is 0 Å². The van der Waals surface area contributed by atoms with Gasteiger partial charge in [-0.05, 0) is 145 Å². The minimum absolute atomic E-state index is 0.476. The maximum Gasteiger partial charge on any atom is 0.416 e. The lowest BCUT2D eigenvalue weighted by molar-refractivity contribution is -0.138. The van der Waals surface area contributed by atoms with Crippen LogP contribution in [0.25, 0.3) is 99.9 Å². The van der Waals surface area contributed by atoms with Gasteiger partial charge in [0.2, 0.25) is 0 Å². The monoisotopic (exact) mass is 876 g/mol. The smallest absolute Gasteiger partial charge is 0.416 e. The molecule has 12 aromatic rings. The molecule has 316 valence electrons. The van der Waals surface area contributed by atoms with Crippen LogP contribution in [0.15, 0.2) is 163 Å². The average Bonchev–Trinajstić information content (AvgIpc) is 4.06. The SMILES string of the molecule is FC(F)(F)c1ccc(C#Cc2ccc3c(c2)oc2cc4c(cc23)oc2cc(/C=C/c3ccc5c(c3)oc3cc6c(cc35)oc3cc(C#Cc5ccc(C(F)(F)F)cc5)ccc36)ccc24)cc1. The molecule has 0 aliphatic heterocycles. The van der Waals surface area contributed by atoms with E-state index < -0.39 is 23.5 Å². The number of hydrogen-bond acceptors (Lipinski definition) is 4. The van der Waals surface area contributed by atoms with E-state index in [9.17, 15) is 26.3 Å². The van der Waals surface area contributed by atoms with E-state index in [0.717, 1.165) is 101 Å². The van der Waals surface area contributed by atoms with Gasteiger partial charge in [0.15, 0.2) is 0 Å². The van der Waals surface area contributed by atoms with E-state index in [1.807, 2.05) is 109 Å². The minimum Gasteiger partial charge on any atom is -0.456 e. The van der Waals surface area contributed by atoms with Gasteiger partial charge in [-0.2, -0.15) is 26.3 Å². The summed E-state index contributed by atoms with van der Waals surface area (Å²) in [6, 6.07) is 40.8. The highest BCUT2D eigenvalue weighted by Gasteiger charge is 2.30. The summed E-state index contributed by atoms with van der Waals surface area (Å²) < 4.78 is 103. The number of hydrogen-bond donors (Lipinski definition) is 0. The normalized spacial score (nSPS) is 12.4. The molecular formula is C56H26F6O4. The first-order valence-electron chi connectivity index (χ1n) is 20.6. The highest BCUT2D eigenvalue weighted by atomic mass is 19.4. The lowest BCUT2D eigenvalue weighted by Crippen LogP contribution is -2.04. The first kappa shape index (κ1) is 39.0. The van der Waals surface area contributed by atoms with Gasteiger partial charge in [-0.3, -0.25) is 0 Å². The van der Waals surface area contributed by atoms with Crippen LogP contribution in [0.2, 0.25) is 0 Å². The van der Waals surface area contributed by atoms with Crippen molar-refractivity contribution in [2.24, 2.45) is 0 Å². The van der Waals surface area contributed by atoms with Crippen molar-refractivity contribution in [3.8, 4) is 23.7 Å². The zero-order valence-electron chi connectivity index (χ0n) is 33.9. The van der Waals surface area contributed by atoms with E-state index in [1.54, 1.807) is 0 Å². The molecule has 4 heterocycles. The Balaban J connectivity index is 0.782. The van der Waals surface area contributed by atoms with Crippen molar-refractivity contribution >= 4 is 99.9 Å². The van der Waals surface area contributed by atoms with Crippen LogP contribution in [0.1, 0.15) is 44.5 Å². The van der Waals surface area contributed by atoms with Crippen LogP contribution >= 0.6 is 0 Å². The largest absolute Gasteiger partial charge is 0.456 e. The standard InChI is InChI=1S/C56H26F6O4/c57-55(58,59)37-15-7-31(8-16-37)1-3-33-11-19-39-43-27-53-45(29-51(43)63-47(39)23-33)41-21-13-35(25-49(41)65-53)5-6-36-14-22-42-46-30-52-44(28-54(46)66-50(42)26-36)40-20-12-34(24-48(40)64-52)4-2-32-9-17-38(18-10-32)56(60,61)62/h5-30H/b6-5+. The molecule has 10 heteroatoms. The van der Waals surface area contributed by atoms with Gasteiger partial charge in [-0.1, -0.05) is 48.0 Å². The molecule has 0 unspecified atom stereocenters. The van der Waals surface area contributed by atoms with Gasteiger partial charge in [0.25, 0.3) is 0 Å². The number of benzene rings is 8. The molecule has 4 nitrogen and oxygen atoms in total. The van der Waals surface area contributed by atoms with Crippen LogP contribution in [0.3, 0.4) is 0 Å². The molecule has 0 bridgehead atoms. The van der Waals surface area contributed by atoms with E-state index in [0.29, 0.717) is 44.6 Å². The highest BCUT2D eigenvalue weighted by Crippen LogP contribution is 2.40. The van der Waals surface area contributed by atoms with Crippen molar-refractivity contribution in [3.05, 3.63) is 190 Å². The summed E-state index contributed by atoms with van der Waals surface area (Å²) in [7, 11) is 0. The summed E-state index contributed by atoms with van der Waals surface area (Å²) in [6.45, 7) is 0. The molecule has 0 fully saturated rings. The molecule has 0 amide bonds. The maximum atomic E-state index is 12.9. The topological polar surface area (TPSA) is 52.6 Å². The first-order chi connectivity index (χ1) is 31.9. The lowest BCUT2D eigenvalue weighted by atomic mass is 10.1. The predicted octanol–water partition coefficient (Wildman–Crippen LogP) is 16.3. The summed E-state index contributed by atoms with van der Waals surface area (Å²) in [5.41, 5.74) is 8.33. The zero-order chi connectivity index (χ0) is 44.9. The second-order valence-corrected chi connectivity index (χ2v) is 16.0. The third kappa shape index (κ3) is 6.88. The molecule has 12 rings (SSSR count). The van der Waals surface area contributed by atoms with Crippen LogP contribution in [-0.2, 0) is 12.4 Å². The number of fused-ring (bicyclic) bond motifs is 12. The number of rotatable bonds is 2. The second-order valence-electron chi connectivity index (χ2n) is 16.0. The first-order valence-corrected chi connectivity index (χ1v) is 20.6. The molecule has 0 N–H and O–H groups in total. The fourth-order valence-electron chi connectivity index (χ4n) is 8.45. The quantitative estimate of drug-likeness (QED) is 0.0986. The van der Waals surface area contributed by atoms with Crippen molar-refractivity contribution in [2.75, 3.05) is 0 Å². The molecule has 0 aliphatic rings. The molecule has 8 aromatic carbocycles. The highest BCUT2D eigenvalue weighted by molar-refractivity contribution is 6.16. The summed E-state index contributed by atoms with van der Waals surface area (Å²) in [5.74, 6) is 11.9.